The van der Waals surface area contributed by atoms with Crippen LogP contribution in [0.15, 0.2) is 12.1 Å². The molecular weight excluding hydrogens is 304 g/mol. The molecule has 0 aromatic heterocycles. The molecule has 2 heterocycles. The van der Waals surface area contributed by atoms with Gasteiger partial charge in [0.1, 0.15) is 13.2 Å². The van der Waals surface area contributed by atoms with Gasteiger partial charge in [0, 0.05) is 13.1 Å². The van der Waals surface area contributed by atoms with Gasteiger partial charge in [-0.3, -0.25) is 4.90 Å². The van der Waals surface area contributed by atoms with Gasteiger partial charge in [-0.1, -0.05) is 6.92 Å². The van der Waals surface area contributed by atoms with Crippen molar-refractivity contribution in [2.24, 2.45) is 11.1 Å². The molecule has 1 aromatic rings. The molecule has 1 aromatic carbocycles. The second-order valence-corrected chi connectivity index (χ2v) is 6.30. The minimum absolute atomic E-state index is 0. The molecule has 1 atom stereocenters. The standard InChI is InChI=1S/C16H24N2O3.ClH/c1-16(10-17)3-4-18(11-16)9-12-7-13(19-2)15-14(8-12)20-5-6-21-15;/h7-8H,3-6,9-11,17H2,1-2H3;1H. The smallest absolute Gasteiger partial charge is 0.203 e. The Morgan fingerprint density at radius 3 is 2.77 bits per heavy atom. The highest BCUT2D eigenvalue weighted by molar-refractivity contribution is 5.85. The Morgan fingerprint density at radius 2 is 2.09 bits per heavy atom. The Bertz CT molecular complexity index is 509. The summed E-state index contributed by atoms with van der Waals surface area (Å²) in [6, 6.07) is 4.11. The third kappa shape index (κ3) is 3.42. The van der Waals surface area contributed by atoms with E-state index in [0.717, 1.165) is 49.8 Å². The number of hydrogen-bond acceptors (Lipinski definition) is 5. The number of nitrogens with two attached hydrogens (primary N) is 1. The summed E-state index contributed by atoms with van der Waals surface area (Å²) < 4.78 is 16.8. The fourth-order valence-corrected chi connectivity index (χ4v) is 3.10. The van der Waals surface area contributed by atoms with Gasteiger partial charge in [-0.15, -0.1) is 12.4 Å². The summed E-state index contributed by atoms with van der Waals surface area (Å²) >= 11 is 0. The molecule has 0 bridgehead atoms. The number of halogens is 1. The van der Waals surface area contributed by atoms with E-state index in [0.29, 0.717) is 13.2 Å². The summed E-state index contributed by atoms with van der Waals surface area (Å²) in [5.74, 6) is 2.26. The predicted octanol–water partition coefficient (Wildman–Crippen LogP) is 2.06. The molecule has 0 amide bonds. The van der Waals surface area contributed by atoms with E-state index in [1.807, 2.05) is 6.07 Å². The second kappa shape index (κ2) is 6.94. The molecule has 1 unspecified atom stereocenters. The fraction of sp³-hybridized carbons (Fsp3) is 0.625. The molecule has 6 heteroatoms. The first kappa shape index (κ1) is 17.2. The van der Waals surface area contributed by atoms with Gasteiger partial charge in [0.05, 0.1) is 7.11 Å². The first-order chi connectivity index (χ1) is 10.1. The molecule has 124 valence electrons. The predicted molar refractivity (Wildman–Crippen MR) is 88.3 cm³/mol. The van der Waals surface area contributed by atoms with E-state index in [4.69, 9.17) is 19.9 Å². The zero-order chi connectivity index (χ0) is 14.9. The summed E-state index contributed by atoms with van der Waals surface area (Å²) in [6.45, 7) is 7.19. The van der Waals surface area contributed by atoms with Crippen LogP contribution in [-0.2, 0) is 6.54 Å². The van der Waals surface area contributed by atoms with E-state index < -0.39 is 0 Å². The summed E-state index contributed by atoms with van der Waals surface area (Å²) in [4.78, 5) is 2.44. The topological polar surface area (TPSA) is 57.0 Å². The van der Waals surface area contributed by atoms with Crippen molar-refractivity contribution in [1.29, 1.82) is 0 Å². The summed E-state index contributed by atoms with van der Waals surface area (Å²) in [7, 11) is 1.67. The summed E-state index contributed by atoms with van der Waals surface area (Å²) in [6.07, 6.45) is 1.16. The Labute approximate surface area is 138 Å². The van der Waals surface area contributed by atoms with Crippen LogP contribution < -0.4 is 19.9 Å². The fourth-order valence-electron chi connectivity index (χ4n) is 3.10. The van der Waals surface area contributed by atoms with Gasteiger partial charge in [0.2, 0.25) is 5.75 Å². The SMILES string of the molecule is COc1cc(CN2CCC(C)(CN)C2)cc2c1OCCO2.Cl. The maximum Gasteiger partial charge on any atom is 0.203 e. The zero-order valence-electron chi connectivity index (χ0n) is 13.3. The van der Waals surface area contributed by atoms with E-state index in [-0.39, 0.29) is 17.8 Å². The lowest BCUT2D eigenvalue weighted by atomic mass is 9.90. The molecular formula is C16H25ClN2O3. The number of ether oxygens (including phenoxy) is 3. The van der Waals surface area contributed by atoms with E-state index in [9.17, 15) is 0 Å². The van der Waals surface area contributed by atoms with Gasteiger partial charge in [-0.05, 0) is 42.6 Å². The van der Waals surface area contributed by atoms with Gasteiger partial charge >= 0.3 is 0 Å². The Hall–Kier alpha value is -1.17. The molecule has 1 saturated heterocycles. The monoisotopic (exact) mass is 328 g/mol. The van der Waals surface area contributed by atoms with Crippen LogP contribution in [0.1, 0.15) is 18.9 Å². The van der Waals surface area contributed by atoms with Crippen molar-refractivity contribution in [3.63, 3.8) is 0 Å². The van der Waals surface area contributed by atoms with Gasteiger partial charge in [0.15, 0.2) is 11.5 Å². The Kier molecular flexibility index (Phi) is 5.42. The van der Waals surface area contributed by atoms with Crippen LogP contribution in [-0.4, -0.2) is 44.9 Å². The van der Waals surface area contributed by atoms with Crippen molar-refractivity contribution in [1.82, 2.24) is 4.90 Å². The molecule has 2 aliphatic rings. The third-order valence-corrected chi connectivity index (χ3v) is 4.42. The molecule has 5 nitrogen and oxygen atoms in total. The Balaban J connectivity index is 0.00000176. The second-order valence-electron chi connectivity index (χ2n) is 6.30. The molecule has 0 radical (unpaired) electrons. The van der Waals surface area contributed by atoms with Crippen LogP contribution >= 0.6 is 12.4 Å². The molecule has 1 fully saturated rings. The van der Waals surface area contributed by atoms with Crippen molar-refractivity contribution in [3.05, 3.63) is 17.7 Å². The maximum atomic E-state index is 5.88. The minimum Gasteiger partial charge on any atom is -0.493 e. The number of rotatable bonds is 4. The van der Waals surface area contributed by atoms with Crippen LogP contribution in [0.3, 0.4) is 0 Å². The molecule has 22 heavy (non-hydrogen) atoms. The molecule has 2 aliphatic heterocycles. The van der Waals surface area contributed by atoms with Gasteiger partial charge in [-0.2, -0.15) is 0 Å². The van der Waals surface area contributed by atoms with E-state index in [1.54, 1.807) is 7.11 Å². The quantitative estimate of drug-likeness (QED) is 0.917. The van der Waals surface area contributed by atoms with E-state index in [1.165, 1.54) is 5.56 Å². The van der Waals surface area contributed by atoms with Crippen molar-refractivity contribution >= 4 is 12.4 Å². The van der Waals surface area contributed by atoms with Crippen LogP contribution in [0.2, 0.25) is 0 Å². The number of fused-ring (bicyclic) bond motifs is 1. The van der Waals surface area contributed by atoms with Gasteiger partial charge < -0.3 is 19.9 Å². The highest BCUT2D eigenvalue weighted by atomic mass is 35.5. The highest BCUT2D eigenvalue weighted by Crippen LogP contribution is 2.41. The van der Waals surface area contributed by atoms with Crippen molar-refractivity contribution in [2.45, 2.75) is 19.9 Å². The van der Waals surface area contributed by atoms with Crippen LogP contribution in [0.25, 0.3) is 0 Å². The van der Waals surface area contributed by atoms with Gasteiger partial charge in [0.25, 0.3) is 0 Å². The molecule has 3 rings (SSSR count). The van der Waals surface area contributed by atoms with Crippen molar-refractivity contribution in [2.75, 3.05) is 40.0 Å². The van der Waals surface area contributed by atoms with Crippen LogP contribution in [0.5, 0.6) is 17.2 Å². The summed E-state index contributed by atoms with van der Waals surface area (Å²) in [5, 5.41) is 0. The number of benzene rings is 1. The van der Waals surface area contributed by atoms with Gasteiger partial charge in [-0.25, -0.2) is 0 Å². The number of nitrogens with zero attached hydrogens (tertiary/aromatic N) is 1. The average molecular weight is 329 g/mol. The molecule has 0 saturated carbocycles. The van der Waals surface area contributed by atoms with Crippen molar-refractivity contribution in [3.8, 4) is 17.2 Å². The number of likely N-dealkylation sites (tertiary alicyclic amines) is 1. The van der Waals surface area contributed by atoms with Crippen LogP contribution in [0.4, 0.5) is 0 Å². The van der Waals surface area contributed by atoms with E-state index in [2.05, 4.69) is 17.9 Å². The van der Waals surface area contributed by atoms with Crippen molar-refractivity contribution < 1.29 is 14.2 Å². The normalized spacial score (nSPS) is 24.0. The van der Waals surface area contributed by atoms with E-state index >= 15 is 0 Å². The highest BCUT2D eigenvalue weighted by Gasteiger charge is 2.32. The first-order valence-electron chi connectivity index (χ1n) is 7.52. The molecule has 0 aliphatic carbocycles. The number of hydrogen-bond donors (Lipinski definition) is 1. The maximum absolute atomic E-state index is 5.88. The lowest BCUT2D eigenvalue weighted by molar-refractivity contribution is 0.164. The molecule has 0 spiro atoms. The lowest BCUT2D eigenvalue weighted by Crippen LogP contribution is -2.31. The summed E-state index contributed by atoms with van der Waals surface area (Å²) in [5.41, 5.74) is 7.32. The Morgan fingerprint density at radius 1 is 1.32 bits per heavy atom. The third-order valence-electron chi connectivity index (χ3n) is 4.42. The zero-order valence-corrected chi connectivity index (χ0v) is 14.1. The number of methoxy groups -OCH3 is 1. The minimum atomic E-state index is 0. The first-order valence-corrected chi connectivity index (χ1v) is 7.52. The average Bonchev–Trinajstić information content (AvgIpc) is 2.88. The van der Waals surface area contributed by atoms with Crippen LogP contribution in [0, 0.1) is 5.41 Å². The largest absolute Gasteiger partial charge is 0.493 e. The molecule has 2 N–H and O–H groups in total. The lowest BCUT2D eigenvalue weighted by Gasteiger charge is -2.24.